The summed E-state index contributed by atoms with van der Waals surface area (Å²) in [6, 6.07) is 10.8. The molecule has 1 aliphatic rings. The van der Waals surface area contributed by atoms with Crippen molar-refractivity contribution in [3.05, 3.63) is 54.2 Å². The number of benzene rings is 1. The maximum absolute atomic E-state index is 12.7. The summed E-state index contributed by atoms with van der Waals surface area (Å²) < 4.78 is 43.5. The van der Waals surface area contributed by atoms with Crippen LogP contribution in [0.1, 0.15) is 5.56 Å². The van der Waals surface area contributed by atoms with Gasteiger partial charge in [0.15, 0.2) is 6.61 Å². The number of pyridine rings is 1. The Kier molecular flexibility index (Phi) is 4.78. The zero-order valence-corrected chi connectivity index (χ0v) is 13.2. The van der Waals surface area contributed by atoms with Crippen molar-refractivity contribution in [3.63, 3.8) is 0 Å². The molecule has 25 heavy (non-hydrogen) atoms. The van der Waals surface area contributed by atoms with E-state index in [0.29, 0.717) is 18.8 Å². The monoisotopic (exact) mass is 351 g/mol. The third-order valence-electron chi connectivity index (χ3n) is 3.76. The van der Waals surface area contributed by atoms with Crippen LogP contribution < -0.4 is 15.0 Å². The van der Waals surface area contributed by atoms with Gasteiger partial charge < -0.3 is 15.0 Å². The number of nitrogens with one attached hydrogen (secondary N) is 1. The molecule has 1 amide bonds. The van der Waals surface area contributed by atoms with Crippen molar-refractivity contribution in [1.82, 2.24) is 10.3 Å². The van der Waals surface area contributed by atoms with Crippen LogP contribution in [-0.4, -0.2) is 36.6 Å². The van der Waals surface area contributed by atoms with Gasteiger partial charge in [0, 0.05) is 19.3 Å². The molecule has 1 aromatic carbocycles. The molecule has 0 spiro atoms. The average Bonchev–Trinajstić information content (AvgIpc) is 2.56. The van der Waals surface area contributed by atoms with Crippen LogP contribution in [0, 0.1) is 0 Å². The number of anilines is 1. The number of para-hydroxylation sites is 1. The summed E-state index contributed by atoms with van der Waals surface area (Å²) in [5.74, 6) is 0.576. The Hall–Kier alpha value is -2.77. The molecule has 0 bridgehead atoms. The van der Waals surface area contributed by atoms with Gasteiger partial charge in [-0.3, -0.25) is 4.79 Å². The molecule has 1 fully saturated rings. The van der Waals surface area contributed by atoms with Crippen molar-refractivity contribution < 1.29 is 22.7 Å². The number of amides is 1. The van der Waals surface area contributed by atoms with E-state index in [4.69, 9.17) is 4.74 Å². The molecule has 0 aliphatic carbocycles. The molecule has 5 nitrogen and oxygen atoms in total. The summed E-state index contributed by atoms with van der Waals surface area (Å²) in [5, 5.41) is 2.78. The van der Waals surface area contributed by atoms with E-state index in [1.807, 2.05) is 6.07 Å². The smallest absolute Gasteiger partial charge is 0.416 e. The fourth-order valence-corrected chi connectivity index (χ4v) is 2.46. The van der Waals surface area contributed by atoms with Crippen molar-refractivity contribution >= 4 is 11.7 Å². The Bertz CT molecular complexity index is 731. The highest BCUT2D eigenvalue weighted by atomic mass is 19.4. The number of nitrogens with zero attached hydrogens (tertiary/aromatic N) is 2. The van der Waals surface area contributed by atoms with E-state index >= 15 is 0 Å². The van der Waals surface area contributed by atoms with Crippen LogP contribution in [0.3, 0.4) is 0 Å². The van der Waals surface area contributed by atoms with Crippen LogP contribution in [-0.2, 0) is 11.0 Å². The lowest BCUT2D eigenvalue weighted by atomic mass is 10.1. The molecule has 2 aromatic rings. The second-order valence-electron chi connectivity index (χ2n) is 5.67. The van der Waals surface area contributed by atoms with E-state index in [-0.39, 0.29) is 24.4 Å². The van der Waals surface area contributed by atoms with Gasteiger partial charge in [0.1, 0.15) is 11.6 Å². The predicted octanol–water partition coefficient (Wildman–Crippen LogP) is 2.48. The normalized spacial score (nSPS) is 14.8. The number of ether oxygens (including phenoxy) is 1. The highest BCUT2D eigenvalue weighted by Gasteiger charge is 2.33. The second kappa shape index (κ2) is 7.00. The Balaban J connectivity index is 1.46. The number of hydrogen-bond acceptors (Lipinski definition) is 4. The molecule has 1 saturated heterocycles. The summed E-state index contributed by atoms with van der Waals surface area (Å²) in [6.45, 7) is 0.707. The highest BCUT2D eigenvalue weighted by Crippen LogP contribution is 2.31. The summed E-state index contributed by atoms with van der Waals surface area (Å²) in [5.41, 5.74) is -0.735. The fourth-order valence-electron chi connectivity index (χ4n) is 2.46. The molecule has 132 valence electrons. The predicted molar refractivity (Wildman–Crippen MR) is 85.3 cm³/mol. The molecule has 0 unspecified atom stereocenters. The molecule has 1 N–H and O–H groups in total. The van der Waals surface area contributed by atoms with Crippen LogP contribution in [0.4, 0.5) is 19.0 Å². The van der Waals surface area contributed by atoms with Gasteiger partial charge in [-0.15, -0.1) is 0 Å². The minimum atomic E-state index is -4.40. The SMILES string of the molecule is O=C(COc1ccccc1)NC1CN(c2cc(C(F)(F)F)ccn2)C1. The Morgan fingerprint density at radius 2 is 1.96 bits per heavy atom. The van der Waals surface area contributed by atoms with Gasteiger partial charge in [0.05, 0.1) is 11.6 Å². The topological polar surface area (TPSA) is 54.5 Å². The maximum atomic E-state index is 12.7. The number of carbonyl (C=O) groups excluding carboxylic acids is 1. The maximum Gasteiger partial charge on any atom is 0.416 e. The van der Waals surface area contributed by atoms with E-state index < -0.39 is 11.7 Å². The Morgan fingerprint density at radius 3 is 2.64 bits per heavy atom. The molecule has 0 saturated carbocycles. The van der Waals surface area contributed by atoms with Crippen LogP contribution in [0.15, 0.2) is 48.7 Å². The molecule has 8 heteroatoms. The zero-order chi connectivity index (χ0) is 17.9. The number of alkyl halides is 3. The molecular weight excluding hydrogens is 335 g/mol. The molecule has 1 aliphatic heterocycles. The lowest BCUT2D eigenvalue weighted by Gasteiger charge is -2.40. The molecule has 0 radical (unpaired) electrons. The first-order chi connectivity index (χ1) is 11.9. The summed E-state index contributed by atoms with van der Waals surface area (Å²) in [6.07, 6.45) is -3.26. The number of halogens is 3. The molecular formula is C17H16F3N3O2. The van der Waals surface area contributed by atoms with Gasteiger partial charge >= 0.3 is 6.18 Å². The molecule has 1 aromatic heterocycles. The third kappa shape index (κ3) is 4.40. The molecule has 0 atom stereocenters. The van der Waals surface area contributed by atoms with Gasteiger partial charge in [-0.25, -0.2) is 4.98 Å². The third-order valence-corrected chi connectivity index (χ3v) is 3.76. The summed E-state index contributed by atoms with van der Waals surface area (Å²) >= 11 is 0. The van der Waals surface area contributed by atoms with Gasteiger partial charge in [-0.2, -0.15) is 13.2 Å². The second-order valence-corrected chi connectivity index (χ2v) is 5.67. The zero-order valence-electron chi connectivity index (χ0n) is 13.2. The lowest BCUT2D eigenvalue weighted by Crippen LogP contribution is -2.60. The van der Waals surface area contributed by atoms with E-state index in [2.05, 4.69) is 10.3 Å². The fraction of sp³-hybridized carbons (Fsp3) is 0.294. The molecule has 2 heterocycles. The Labute approximate surface area is 142 Å². The first-order valence-corrected chi connectivity index (χ1v) is 7.67. The Morgan fingerprint density at radius 1 is 1.24 bits per heavy atom. The van der Waals surface area contributed by atoms with Gasteiger partial charge in [0.2, 0.25) is 0 Å². The first-order valence-electron chi connectivity index (χ1n) is 7.67. The van der Waals surface area contributed by atoms with Crippen LogP contribution >= 0.6 is 0 Å². The van der Waals surface area contributed by atoms with Gasteiger partial charge in [0.25, 0.3) is 5.91 Å². The largest absolute Gasteiger partial charge is 0.484 e. The minimum absolute atomic E-state index is 0.109. The minimum Gasteiger partial charge on any atom is -0.484 e. The first kappa shape index (κ1) is 17.1. The van der Waals surface area contributed by atoms with Crippen LogP contribution in [0.5, 0.6) is 5.75 Å². The van der Waals surface area contributed by atoms with E-state index in [1.54, 1.807) is 29.2 Å². The van der Waals surface area contributed by atoms with Crippen molar-refractivity contribution in [3.8, 4) is 5.75 Å². The van der Waals surface area contributed by atoms with Gasteiger partial charge in [-0.1, -0.05) is 18.2 Å². The highest BCUT2D eigenvalue weighted by molar-refractivity contribution is 5.78. The summed E-state index contributed by atoms with van der Waals surface area (Å²) in [7, 11) is 0. The number of hydrogen-bond donors (Lipinski definition) is 1. The van der Waals surface area contributed by atoms with Crippen LogP contribution in [0.25, 0.3) is 0 Å². The van der Waals surface area contributed by atoms with Crippen molar-refractivity contribution in [1.29, 1.82) is 0 Å². The van der Waals surface area contributed by atoms with Crippen molar-refractivity contribution in [2.24, 2.45) is 0 Å². The van der Waals surface area contributed by atoms with E-state index in [1.165, 1.54) is 0 Å². The van der Waals surface area contributed by atoms with E-state index in [0.717, 1.165) is 18.3 Å². The summed E-state index contributed by atoms with van der Waals surface area (Å²) in [4.78, 5) is 17.5. The number of carbonyl (C=O) groups is 1. The van der Waals surface area contributed by atoms with Crippen molar-refractivity contribution in [2.45, 2.75) is 12.2 Å². The number of rotatable bonds is 5. The average molecular weight is 351 g/mol. The van der Waals surface area contributed by atoms with E-state index in [9.17, 15) is 18.0 Å². The quantitative estimate of drug-likeness (QED) is 0.899. The molecule has 3 rings (SSSR count). The standard InChI is InChI=1S/C17H16F3N3O2/c18-17(19,20)12-6-7-21-15(8-12)23-9-13(10-23)22-16(24)11-25-14-4-2-1-3-5-14/h1-8,13H,9-11H2,(H,22,24). The van der Waals surface area contributed by atoms with Crippen molar-refractivity contribution in [2.75, 3.05) is 24.6 Å². The lowest BCUT2D eigenvalue weighted by molar-refractivity contribution is -0.137. The van der Waals surface area contributed by atoms with Gasteiger partial charge in [-0.05, 0) is 24.3 Å². The number of aromatic nitrogens is 1. The van der Waals surface area contributed by atoms with Crippen LogP contribution in [0.2, 0.25) is 0 Å².